The Kier molecular flexibility index (Phi) is 6.59. The van der Waals surface area contributed by atoms with Gasteiger partial charge in [-0.05, 0) is 54.1 Å². The van der Waals surface area contributed by atoms with Crippen LogP contribution in [0.5, 0.6) is 11.5 Å². The molecule has 1 amide bonds. The average Bonchev–Trinajstić information content (AvgIpc) is 3.27. The molecule has 0 saturated heterocycles. The van der Waals surface area contributed by atoms with Crippen molar-refractivity contribution in [1.82, 2.24) is 9.88 Å². The quantitative estimate of drug-likeness (QED) is 0.375. The first-order valence-electron chi connectivity index (χ1n) is 10.4. The third kappa shape index (κ3) is 5.33. The van der Waals surface area contributed by atoms with Crippen molar-refractivity contribution >= 4 is 6.09 Å². The van der Waals surface area contributed by atoms with Gasteiger partial charge in [0.15, 0.2) is 5.76 Å². The van der Waals surface area contributed by atoms with E-state index < -0.39 is 6.09 Å². The molecule has 3 aromatic carbocycles. The number of carboxylic acid groups (broad SMARTS) is 1. The summed E-state index contributed by atoms with van der Waals surface area (Å²) in [6.07, 6.45) is -1.05. The molecule has 1 N–H and O–H groups in total. The van der Waals surface area contributed by atoms with Crippen molar-refractivity contribution in [3.8, 4) is 34.1 Å². The molecule has 0 bridgehead atoms. The Bertz CT molecular complexity index is 1200. The summed E-state index contributed by atoms with van der Waals surface area (Å²) in [6, 6.07) is 25.0. The minimum absolute atomic E-state index is 0.0385. The zero-order valence-electron chi connectivity index (χ0n) is 18.4. The van der Waals surface area contributed by atoms with E-state index in [0.29, 0.717) is 24.0 Å². The number of rotatable bonds is 8. The molecule has 4 rings (SSSR count). The summed E-state index contributed by atoms with van der Waals surface area (Å²) in [5.41, 5.74) is 3.36. The molecule has 7 nitrogen and oxygen atoms in total. The Labute approximate surface area is 191 Å². The van der Waals surface area contributed by atoms with Gasteiger partial charge in [-0.1, -0.05) is 30.3 Å². The molecule has 0 fully saturated rings. The molecule has 1 heterocycles. The van der Waals surface area contributed by atoms with Crippen LogP contribution in [-0.4, -0.2) is 35.2 Å². The van der Waals surface area contributed by atoms with Gasteiger partial charge in [0.1, 0.15) is 30.3 Å². The molecule has 0 aliphatic rings. The van der Waals surface area contributed by atoms with E-state index in [1.54, 1.807) is 7.11 Å². The first kappa shape index (κ1) is 22.0. The fourth-order valence-corrected chi connectivity index (χ4v) is 3.29. The van der Waals surface area contributed by atoms with Gasteiger partial charge in [0.2, 0.25) is 5.89 Å². The lowest BCUT2D eigenvalue weighted by Gasteiger charge is -2.09. The number of hydrogen-bond donors (Lipinski definition) is 1. The summed E-state index contributed by atoms with van der Waals surface area (Å²) in [4.78, 5) is 16.9. The highest BCUT2D eigenvalue weighted by Gasteiger charge is 2.19. The van der Waals surface area contributed by atoms with Crippen LogP contribution in [0.1, 0.15) is 11.5 Å². The Morgan fingerprint density at radius 1 is 0.939 bits per heavy atom. The van der Waals surface area contributed by atoms with Crippen molar-refractivity contribution in [1.29, 1.82) is 0 Å². The van der Waals surface area contributed by atoms with Gasteiger partial charge in [-0.25, -0.2) is 9.78 Å². The maximum absolute atomic E-state index is 11.2. The maximum atomic E-state index is 11.2. The first-order valence-corrected chi connectivity index (χ1v) is 10.4. The van der Waals surface area contributed by atoms with E-state index >= 15 is 0 Å². The number of oxazole rings is 1. The number of hydrogen-bond acceptors (Lipinski definition) is 5. The van der Waals surface area contributed by atoms with E-state index in [0.717, 1.165) is 33.1 Å². The standard InChI is InChI=1S/C26H24N2O5/c1-28(26(29)30)16-23-27-24(19-8-12-21(31-2)13-9-19)25(33-23)20-10-14-22(15-11-20)32-17-18-6-4-3-5-7-18/h3-15H,16-17H2,1-2H3,(H,29,30). The molecule has 1 aromatic heterocycles. The third-order valence-electron chi connectivity index (χ3n) is 5.10. The van der Waals surface area contributed by atoms with Gasteiger partial charge in [-0.3, -0.25) is 0 Å². The molecule has 4 aromatic rings. The lowest BCUT2D eigenvalue weighted by atomic mass is 10.1. The summed E-state index contributed by atoms with van der Waals surface area (Å²) >= 11 is 0. The Hall–Kier alpha value is -4.26. The van der Waals surface area contributed by atoms with Crippen molar-refractivity contribution in [3.63, 3.8) is 0 Å². The monoisotopic (exact) mass is 444 g/mol. The van der Waals surface area contributed by atoms with Gasteiger partial charge < -0.3 is 23.9 Å². The number of nitrogens with zero attached hydrogens (tertiary/aromatic N) is 2. The number of benzene rings is 3. The van der Waals surface area contributed by atoms with Crippen molar-refractivity contribution in [2.75, 3.05) is 14.2 Å². The Balaban J connectivity index is 1.61. The minimum atomic E-state index is -1.05. The van der Waals surface area contributed by atoms with Gasteiger partial charge in [-0.2, -0.15) is 0 Å². The van der Waals surface area contributed by atoms with Crippen molar-refractivity contribution < 1.29 is 23.8 Å². The van der Waals surface area contributed by atoms with E-state index in [2.05, 4.69) is 4.98 Å². The molecular weight excluding hydrogens is 420 g/mol. The maximum Gasteiger partial charge on any atom is 0.407 e. The number of ether oxygens (including phenoxy) is 2. The summed E-state index contributed by atoms with van der Waals surface area (Å²) in [5.74, 6) is 2.34. The molecule has 168 valence electrons. The molecule has 7 heteroatoms. The van der Waals surface area contributed by atoms with Crippen LogP contribution in [-0.2, 0) is 13.2 Å². The number of aromatic nitrogens is 1. The summed E-state index contributed by atoms with van der Waals surface area (Å²) in [7, 11) is 3.08. The van der Waals surface area contributed by atoms with Gasteiger partial charge >= 0.3 is 6.09 Å². The second kappa shape index (κ2) is 9.91. The minimum Gasteiger partial charge on any atom is -0.497 e. The van der Waals surface area contributed by atoms with Crippen LogP contribution in [0.3, 0.4) is 0 Å². The highest BCUT2D eigenvalue weighted by Crippen LogP contribution is 2.34. The Morgan fingerprint density at radius 3 is 2.21 bits per heavy atom. The number of amides is 1. The normalized spacial score (nSPS) is 10.6. The molecular formula is C26H24N2O5. The first-order chi connectivity index (χ1) is 16.0. The lowest BCUT2D eigenvalue weighted by molar-refractivity contribution is 0.150. The highest BCUT2D eigenvalue weighted by molar-refractivity contribution is 5.77. The molecule has 0 aliphatic carbocycles. The van der Waals surface area contributed by atoms with Gasteiger partial charge in [0.25, 0.3) is 0 Å². The largest absolute Gasteiger partial charge is 0.497 e. The molecule has 0 aliphatic heterocycles. The van der Waals surface area contributed by atoms with Crippen molar-refractivity contribution in [2.24, 2.45) is 0 Å². The van der Waals surface area contributed by atoms with Gasteiger partial charge in [-0.15, -0.1) is 0 Å². The average molecular weight is 444 g/mol. The van der Waals surface area contributed by atoms with Crippen LogP contribution in [0, 0.1) is 0 Å². The van der Waals surface area contributed by atoms with Gasteiger partial charge in [0.05, 0.1) is 7.11 Å². The van der Waals surface area contributed by atoms with E-state index in [1.807, 2.05) is 78.9 Å². The molecule has 0 saturated carbocycles. The van der Waals surface area contributed by atoms with Crippen LogP contribution in [0.4, 0.5) is 4.79 Å². The SMILES string of the molecule is COc1ccc(-c2nc(CN(C)C(=O)O)oc2-c2ccc(OCc3ccccc3)cc2)cc1. The van der Waals surface area contributed by atoms with Crippen LogP contribution in [0.25, 0.3) is 22.6 Å². The molecule has 0 radical (unpaired) electrons. The topological polar surface area (TPSA) is 85.0 Å². The van der Waals surface area contributed by atoms with Crippen molar-refractivity contribution in [3.05, 3.63) is 90.3 Å². The number of methoxy groups -OCH3 is 1. The van der Waals surface area contributed by atoms with E-state index in [9.17, 15) is 9.90 Å². The van der Waals surface area contributed by atoms with Crippen LogP contribution in [0.2, 0.25) is 0 Å². The van der Waals surface area contributed by atoms with Crippen molar-refractivity contribution in [2.45, 2.75) is 13.2 Å². The summed E-state index contributed by atoms with van der Waals surface area (Å²) < 4.78 is 17.1. The molecule has 33 heavy (non-hydrogen) atoms. The van der Waals surface area contributed by atoms with E-state index in [-0.39, 0.29) is 6.54 Å². The highest BCUT2D eigenvalue weighted by atomic mass is 16.5. The predicted octanol–water partition coefficient (Wildman–Crippen LogP) is 5.71. The van der Waals surface area contributed by atoms with Crippen LogP contribution < -0.4 is 9.47 Å². The molecule has 0 unspecified atom stereocenters. The Morgan fingerprint density at radius 2 is 1.58 bits per heavy atom. The summed E-state index contributed by atoms with van der Waals surface area (Å²) in [6.45, 7) is 0.516. The third-order valence-corrected chi connectivity index (χ3v) is 5.10. The van der Waals surface area contributed by atoms with Crippen LogP contribution >= 0.6 is 0 Å². The van der Waals surface area contributed by atoms with Gasteiger partial charge in [0, 0.05) is 18.2 Å². The molecule has 0 spiro atoms. The van der Waals surface area contributed by atoms with E-state index in [1.165, 1.54) is 7.05 Å². The summed E-state index contributed by atoms with van der Waals surface area (Å²) in [5, 5.41) is 9.20. The fraction of sp³-hybridized carbons (Fsp3) is 0.154. The predicted molar refractivity (Wildman–Crippen MR) is 124 cm³/mol. The zero-order valence-corrected chi connectivity index (χ0v) is 18.4. The molecule has 0 atom stereocenters. The second-order valence-corrected chi connectivity index (χ2v) is 7.45. The zero-order chi connectivity index (χ0) is 23.2. The lowest BCUT2D eigenvalue weighted by Crippen LogP contribution is -2.23. The van der Waals surface area contributed by atoms with Crippen LogP contribution in [0.15, 0.2) is 83.3 Å². The van der Waals surface area contributed by atoms with E-state index in [4.69, 9.17) is 13.9 Å². The fourth-order valence-electron chi connectivity index (χ4n) is 3.29. The smallest absolute Gasteiger partial charge is 0.407 e. The number of carbonyl (C=O) groups is 1. The second-order valence-electron chi connectivity index (χ2n) is 7.45.